The molecule has 4 rings (SSSR count). The van der Waals surface area contributed by atoms with Gasteiger partial charge in [-0.2, -0.15) is 0 Å². The molecule has 1 amide bonds. The van der Waals surface area contributed by atoms with Crippen LogP contribution in [0.4, 0.5) is 15.9 Å². The van der Waals surface area contributed by atoms with Gasteiger partial charge in [-0.05, 0) is 51.5 Å². The zero-order valence-corrected chi connectivity index (χ0v) is 20.9. The summed E-state index contributed by atoms with van der Waals surface area (Å²) in [4.78, 5) is 22.2. The van der Waals surface area contributed by atoms with Crippen LogP contribution in [0.3, 0.4) is 0 Å². The maximum absolute atomic E-state index is 15.4. The standard InChI is InChI=1S/C26H27ClFN5O2/c1-13(2)35-23-18(15(4)25-31-16(5)22-24(29)30-9-10-33(22)25)12-19(27)21(28)20(23)26(34)32-17-8-6-7-14(3)11-17/h6-13,15H,1-5H3,(H2,29,30)(H,32,34). The molecule has 2 aromatic heterocycles. The molecule has 1 unspecified atom stereocenters. The maximum atomic E-state index is 15.4. The van der Waals surface area contributed by atoms with Crippen LogP contribution in [0.2, 0.25) is 5.02 Å². The highest BCUT2D eigenvalue weighted by Gasteiger charge is 2.30. The number of hydrogen-bond acceptors (Lipinski definition) is 5. The van der Waals surface area contributed by atoms with Crippen molar-refractivity contribution < 1.29 is 13.9 Å². The van der Waals surface area contributed by atoms with Crippen molar-refractivity contribution in [3.63, 3.8) is 0 Å². The van der Waals surface area contributed by atoms with Crippen molar-refractivity contribution in [1.29, 1.82) is 0 Å². The van der Waals surface area contributed by atoms with Gasteiger partial charge < -0.3 is 15.8 Å². The second kappa shape index (κ2) is 9.54. The van der Waals surface area contributed by atoms with Crippen molar-refractivity contribution in [2.24, 2.45) is 0 Å². The Hall–Kier alpha value is -3.65. The molecule has 4 aromatic rings. The molecule has 0 bridgehead atoms. The summed E-state index contributed by atoms with van der Waals surface area (Å²) >= 11 is 6.31. The van der Waals surface area contributed by atoms with E-state index in [4.69, 9.17) is 27.1 Å². The molecule has 0 spiro atoms. The lowest BCUT2D eigenvalue weighted by molar-refractivity contribution is 0.101. The molecule has 2 aromatic carbocycles. The number of fused-ring (bicyclic) bond motifs is 1. The van der Waals surface area contributed by atoms with Crippen LogP contribution in [-0.2, 0) is 0 Å². The van der Waals surface area contributed by atoms with E-state index in [1.165, 1.54) is 6.07 Å². The lowest BCUT2D eigenvalue weighted by atomic mass is 9.95. The Morgan fingerprint density at radius 3 is 2.66 bits per heavy atom. The maximum Gasteiger partial charge on any atom is 0.262 e. The van der Waals surface area contributed by atoms with Gasteiger partial charge in [-0.1, -0.05) is 30.7 Å². The normalized spacial score (nSPS) is 12.2. The first-order valence-corrected chi connectivity index (χ1v) is 11.6. The third-order valence-corrected chi connectivity index (χ3v) is 5.97. The minimum absolute atomic E-state index is 0.121. The van der Waals surface area contributed by atoms with Crippen molar-refractivity contribution in [2.75, 3.05) is 11.1 Å². The van der Waals surface area contributed by atoms with E-state index in [0.717, 1.165) is 5.56 Å². The molecule has 1 atom stereocenters. The Morgan fingerprint density at radius 1 is 1.23 bits per heavy atom. The Labute approximate surface area is 208 Å². The number of aromatic nitrogens is 3. The molecule has 7 nitrogen and oxygen atoms in total. The van der Waals surface area contributed by atoms with Crippen molar-refractivity contribution >= 4 is 34.5 Å². The molecular weight excluding hydrogens is 469 g/mol. The molecular formula is C26H27ClFN5O2. The van der Waals surface area contributed by atoms with Crippen molar-refractivity contribution in [3.05, 3.63) is 81.8 Å². The minimum Gasteiger partial charge on any atom is -0.490 e. The lowest BCUT2D eigenvalue weighted by Gasteiger charge is -2.22. The number of nitrogens with two attached hydrogens (primary N) is 1. The molecule has 0 saturated heterocycles. The van der Waals surface area contributed by atoms with Crippen molar-refractivity contribution in [2.45, 2.75) is 46.6 Å². The van der Waals surface area contributed by atoms with Gasteiger partial charge in [0.1, 0.15) is 28.5 Å². The van der Waals surface area contributed by atoms with Crippen molar-refractivity contribution in [3.8, 4) is 5.75 Å². The van der Waals surface area contributed by atoms with Crippen LogP contribution >= 0.6 is 11.6 Å². The molecule has 0 radical (unpaired) electrons. The van der Waals surface area contributed by atoms with E-state index in [-0.39, 0.29) is 22.4 Å². The van der Waals surface area contributed by atoms with Crippen LogP contribution in [-0.4, -0.2) is 26.4 Å². The van der Waals surface area contributed by atoms with Gasteiger partial charge >= 0.3 is 0 Å². The molecule has 3 N–H and O–H groups in total. The number of amides is 1. The summed E-state index contributed by atoms with van der Waals surface area (Å²) in [6.07, 6.45) is 3.02. The zero-order chi connectivity index (χ0) is 25.4. The number of hydrogen-bond donors (Lipinski definition) is 2. The molecule has 9 heteroatoms. The second-order valence-electron chi connectivity index (χ2n) is 8.76. The lowest BCUT2D eigenvalue weighted by Crippen LogP contribution is -2.20. The number of imidazole rings is 1. The predicted molar refractivity (Wildman–Crippen MR) is 136 cm³/mol. The van der Waals surface area contributed by atoms with E-state index in [1.54, 1.807) is 24.5 Å². The summed E-state index contributed by atoms with van der Waals surface area (Å²) < 4.78 is 23.3. The van der Waals surface area contributed by atoms with Gasteiger partial charge in [-0.25, -0.2) is 14.4 Å². The van der Waals surface area contributed by atoms with Gasteiger partial charge in [0.05, 0.1) is 16.8 Å². The third kappa shape index (κ3) is 4.66. The van der Waals surface area contributed by atoms with Crippen LogP contribution in [0.25, 0.3) is 5.52 Å². The first-order chi connectivity index (χ1) is 16.6. The van der Waals surface area contributed by atoms with Crippen LogP contribution in [0.1, 0.15) is 59.7 Å². The fraction of sp³-hybridized carbons (Fsp3) is 0.269. The zero-order valence-electron chi connectivity index (χ0n) is 20.2. The smallest absolute Gasteiger partial charge is 0.262 e. The number of benzene rings is 2. The number of rotatable bonds is 6. The first kappa shape index (κ1) is 24.5. The quantitative estimate of drug-likeness (QED) is 0.346. The second-order valence-corrected chi connectivity index (χ2v) is 9.17. The van der Waals surface area contributed by atoms with Gasteiger partial charge in [0.25, 0.3) is 5.91 Å². The molecule has 0 saturated carbocycles. The van der Waals surface area contributed by atoms with E-state index in [1.807, 2.05) is 51.2 Å². The Kier molecular flexibility index (Phi) is 6.67. The van der Waals surface area contributed by atoms with Gasteiger partial charge in [0.15, 0.2) is 5.82 Å². The molecule has 35 heavy (non-hydrogen) atoms. The van der Waals surface area contributed by atoms with Crippen LogP contribution in [0, 0.1) is 19.7 Å². The van der Waals surface area contributed by atoms with Crippen LogP contribution in [0.15, 0.2) is 42.7 Å². The number of ether oxygens (including phenoxy) is 1. The summed E-state index contributed by atoms with van der Waals surface area (Å²) in [6.45, 7) is 9.26. The monoisotopic (exact) mass is 495 g/mol. The van der Waals surface area contributed by atoms with E-state index >= 15 is 4.39 Å². The molecule has 0 aliphatic heterocycles. The predicted octanol–water partition coefficient (Wildman–Crippen LogP) is 5.91. The summed E-state index contributed by atoms with van der Waals surface area (Å²) in [5.74, 6) is -0.817. The topological polar surface area (TPSA) is 94.5 Å². The fourth-order valence-electron chi connectivity index (χ4n) is 4.15. The highest BCUT2D eigenvalue weighted by molar-refractivity contribution is 6.31. The molecule has 0 aliphatic carbocycles. The Morgan fingerprint density at radius 2 is 1.97 bits per heavy atom. The number of carbonyl (C=O) groups is 1. The largest absolute Gasteiger partial charge is 0.490 e. The summed E-state index contributed by atoms with van der Waals surface area (Å²) in [5.41, 5.74) is 9.23. The van der Waals surface area contributed by atoms with E-state index in [9.17, 15) is 4.79 Å². The molecule has 182 valence electrons. The number of nitrogen functional groups attached to an aromatic ring is 1. The highest BCUT2D eigenvalue weighted by atomic mass is 35.5. The Bertz CT molecular complexity index is 1430. The van der Waals surface area contributed by atoms with Crippen LogP contribution in [0.5, 0.6) is 5.75 Å². The van der Waals surface area contributed by atoms with Gasteiger partial charge in [-0.15, -0.1) is 0 Å². The van der Waals surface area contributed by atoms with E-state index in [2.05, 4.69) is 10.3 Å². The highest BCUT2D eigenvalue weighted by Crippen LogP contribution is 2.40. The summed E-state index contributed by atoms with van der Waals surface area (Å²) in [6, 6.07) is 8.73. The number of anilines is 2. The first-order valence-electron chi connectivity index (χ1n) is 11.2. The van der Waals surface area contributed by atoms with Gasteiger partial charge in [0.2, 0.25) is 0 Å². The Balaban J connectivity index is 1.89. The average Bonchev–Trinajstić information content (AvgIpc) is 3.13. The average molecular weight is 496 g/mol. The number of nitrogens with zero attached hydrogens (tertiary/aromatic N) is 3. The van der Waals surface area contributed by atoms with E-state index < -0.39 is 17.6 Å². The molecule has 0 fully saturated rings. The van der Waals surface area contributed by atoms with E-state index in [0.29, 0.717) is 34.1 Å². The number of halogens is 2. The molecule has 0 aliphatic rings. The van der Waals surface area contributed by atoms with Crippen molar-refractivity contribution in [1.82, 2.24) is 14.4 Å². The third-order valence-electron chi connectivity index (χ3n) is 5.70. The summed E-state index contributed by atoms with van der Waals surface area (Å²) in [7, 11) is 0. The molecule has 2 heterocycles. The van der Waals surface area contributed by atoms with Gasteiger partial charge in [0, 0.05) is 29.6 Å². The number of aryl methyl sites for hydroxylation is 2. The number of carbonyl (C=O) groups excluding carboxylic acids is 1. The SMILES string of the molecule is Cc1cccc(NC(=O)c2c(F)c(Cl)cc(C(C)c3nc(C)c4c(N)nccn34)c2OC(C)C)c1. The summed E-state index contributed by atoms with van der Waals surface area (Å²) in [5, 5.41) is 2.58. The van der Waals surface area contributed by atoms with Crippen LogP contribution < -0.4 is 15.8 Å². The fourth-order valence-corrected chi connectivity index (χ4v) is 4.36. The minimum atomic E-state index is -0.846. The van der Waals surface area contributed by atoms with Gasteiger partial charge in [-0.3, -0.25) is 9.20 Å². The number of nitrogens with one attached hydrogen (secondary N) is 1.